The summed E-state index contributed by atoms with van der Waals surface area (Å²) in [6, 6.07) is 0. The summed E-state index contributed by atoms with van der Waals surface area (Å²) in [4.78, 5) is 11.0. The van der Waals surface area contributed by atoms with E-state index in [-0.39, 0.29) is 5.97 Å². The van der Waals surface area contributed by atoms with Gasteiger partial charge in [-0.1, -0.05) is 0 Å². The fourth-order valence-corrected chi connectivity index (χ4v) is 1.21. The monoisotopic (exact) mass is 236 g/mol. The standard InChI is InChI=1S/C10H20O4S/c1-3-12-5-6-13-7-8-14-10(11)4-9-15-2/h3-9H2,1-2H3. The molecule has 0 aliphatic heterocycles. The Bertz CT molecular complexity index is 152. The van der Waals surface area contributed by atoms with E-state index in [9.17, 15) is 4.79 Å². The molecule has 0 saturated heterocycles. The minimum Gasteiger partial charge on any atom is -0.463 e. The molecule has 90 valence electrons. The van der Waals surface area contributed by atoms with Crippen LogP contribution in [0.3, 0.4) is 0 Å². The molecule has 15 heavy (non-hydrogen) atoms. The van der Waals surface area contributed by atoms with Crippen molar-refractivity contribution in [1.29, 1.82) is 0 Å². The Morgan fingerprint density at radius 3 is 2.47 bits per heavy atom. The van der Waals surface area contributed by atoms with Crippen molar-refractivity contribution in [3.05, 3.63) is 0 Å². The maximum absolute atomic E-state index is 11.0. The molecule has 0 aliphatic rings. The Labute approximate surface area is 95.6 Å². The molecule has 0 N–H and O–H groups in total. The number of carbonyl (C=O) groups is 1. The van der Waals surface area contributed by atoms with Crippen LogP contribution >= 0.6 is 11.8 Å². The van der Waals surface area contributed by atoms with Gasteiger partial charge in [-0.05, 0) is 13.2 Å². The average molecular weight is 236 g/mol. The summed E-state index contributed by atoms with van der Waals surface area (Å²) in [7, 11) is 0. The minimum absolute atomic E-state index is 0.155. The van der Waals surface area contributed by atoms with Crippen LogP contribution in [0.5, 0.6) is 0 Å². The SMILES string of the molecule is CCOCCOCCOC(=O)CCSC. The van der Waals surface area contributed by atoms with Crippen LogP contribution in [0.15, 0.2) is 0 Å². The van der Waals surface area contributed by atoms with Gasteiger partial charge in [-0.2, -0.15) is 11.8 Å². The minimum atomic E-state index is -0.155. The van der Waals surface area contributed by atoms with Gasteiger partial charge in [0.05, 0.1) is 26.2 Å². The van der Waals surface area contributed by atoms with Crippen molar-refractivity contribution >= 4 is 17.7 Å². The molecule has 0 aromatic heterocycles. The predicted molar refractivity (Wildman–Crippen MR) is 61.3 cm³/mol. The Morgan fingerprint density at radius 1 is 1.13 bits per heavy atom. The van der Waals surface area contributed by atoms with Gasteiger partial charge in [0.25, 0.3) is 0 Å². The van der Waals surface area contributed by atoms with Crippen molar-refractivity contribution in [1.82, 2.24) is 0 Å². The van der Waals surface area contributed by atoms with Gasteiger partial charge in [0, 0.05) is 12.4 Å². The predicted octanol–water partition coefficient (Wildman–Crippen LogP) is 1.34. The lowest BCUT2D eigenvalue weighted by Crippen LogP contribution is -2.13. The lowest BCUT2D eigenvalue weighted by atomic mass is 10.5. The summed E-state index contributed by atoms with van der Waals surface area (Å²) in [5.74, 6) is 0.655. The lowest BCUT2D eigenvalue weighted by molar-refractivity contribution is -0.144. The maximum Gasteiger partial charge on any atom is 0.306 e. The van der Waals surface area contributed by atoms with Gasteiger partial charge in [-0.15, -0.1) is 0 Å². The first-order valence-corrected chi connectivity index (χ1v) is 6.50. The van der Waals surface area contributed by atoms with Crippen LogP contribution in [0, 0.1) is 0 Å². The highest BCUT2D eigenvalue weighted by molar-refractivity contribution is 7.98. The molecule has 0 saturated carbocycles. The topological polar surface area (TPSA) is 44.8 Å². The van der Waals surface area contributed by atoms with E-state index < -0.39 is 0 Å². The molecule has 0 spiro atoms. The van der Waals surface area contributed by atoms with E-state index in [0.717, 1.165) is 5.75 Å². The van der Waals surface area contributed by atoms with Gasteiger partial charge < -0.3 is 14.2 Å². The molecule has 0 aromatic rings. The van der Waals surface area contributed by atoms with E-state index in [1.807, 2.05) is 13.2 Å². The van der Waals surface area contributed by atoms with Gasteiger partial charge in [-0.25, -0.2) is 0 Å². The molecular weight excluding hydrogens is 216 g/mol. The number of hydrogen-bond donors (Lipinski definition) is 0. The van der Waals surface area contributed by atoms with Crippen LogP contribution in [0.4, 0.5) is 0 Å². The zero-order chi connectivity index (χ0) is 11.4. The lowest BCUT2D eigenvalue weighted by Gasteiger charge is -2.05. The summed E-state index contributed by atoms with van der Waals surface area (Å²) in [5, 5.41) is 0. The number of carbonyl (C=O) groups excluding carboxylic acids is 1. The Morgan fingerprint density at radius 2 is 1.80 bits per heavy atom. The van der Waals surface area contributed by atoms with E-state index in [0.29, 0.717) is 39.5 Å². The number of hydrogen-bond acceptors (Lipinski definition) is 5. The van der Waals surface area contributed by atoms with Crippen LogP contribution in [0.2, 0.25) is 0 Å². The molecule has 5 heteroatoms. The van der Waals surface area contributed by atoms with Crippen molar-refractivity contribution < 1.29 is 19.0 Å². The second-order valence-corrected chi connectivity index (χ2v) is 3.76. The third kappa shape index (κ3) is 11.7. The third-order valence-corrected chi connectivity index (χ3v) is 2.19. The van der Waals surface area contributed by atoms with Crippen molar-refractivity contribution in [3.8, 4) is 0 Å². The molecule has 0 rings (SSSR count). The van der Waals surface area contributed by atoms with Gasteiger partial charge in [0.1, 0.15) is 6.61 Å². The highest BCUT2D eigenvalue weighted by Crippen LogP contribution is 1.96. The van der Waals surface area contributed by atoms with E-state index in [4.69, 9.17) is 14.2 Å². The number of thioether (sulfide) groups is 1. The van der Waals surface area contributed by atoms with Crippen LogP contribution in [0.1, 0.15) is 13.3 Å². The summed E-state index contributed by atoms with van der Waals surface area (Å²) in [6.07, 6.45) is 2.43. The molecule has 4 nitrogen and oxygen atoms in total. The molecule has 0 radical (unpaired) electrons. The number of rotatable bonds is 10. The molecule has 0 fully saturated rings. The second kappa shape index (κ2) is 11.8. The molecule has 0 bridgehead atoms. The van der Waals surface area contributed by atoms with Gasteiger partial charge in [0.15, 0.2) is 0 Å². The normalized spacial score (nSPS) is 10.3. The molecule has 0 heterocycles. The fourth-order valence-electron chi connectivity index (χ4n) is 0.836. The Kier molecular flexibility index (Phi) is 11.6. The van der Waals surface area contributed by atoms with Crippen molar-refractivity contribution in [3.63, 3.8) is 0 Å². The van der Waals surface area contributed by atoms with Crippen molar-refractivity contribution in [2.75, 3.05) is 45.0 Å². The Balaban J connectivity index is 3.06. The smallest absolute Gasteiger partial charge is 0.306 e. The zero-order valence-corrected chi connectivity index (χ0v) is 10.3. The first-order valence-electron chi connectivity index (χ1n) is 5.11. The van der Waals surface area contributed by atoms with E-state index >= 15 is 0 Å². The molecule has 0 amide bonds. The highest BCUT2D eigenvalue weighted by Gasteiger charge is 2.00. The van der Waals surface area contributed by atoms with Crippen LogP contribution in [0.25, 0.3) is 0 Å². The van der Waals surface area contributed by atoms with E-state index in [1.165, 1.54) is 0 Å². The largest absolute Gasteiger partial charge is 0.463 e. The average Bonchev–Trinajstić information content (AvgIpc) is 2.25. The first-order chi connectivity index (χ1) is 7.31. The van der Waals surface area contributed by atoms with Crippen LogP contribution < -0.4 is 0 Å². The van der Waals surface area contributed by atoms with E-state index in [2.05, 4.69) is 0 Å². The molecule has 0 aliphatic carbocycles. The first kappa shape index (κ1) is 14.7. The summed E-state index contributed by atoms with van der Waals surface area (Å²) in [6.45, 7) is 4.56. The highest BCUT2D eigenvalue weighted by atomic mass is 32.2. The quantitative estimate of drug-likeness (QED) is 0.423. The maximum atomic E-state index is 11.0. The van der Waals surface area contributed by atoms with Gasteiger partial charge in [0.2, 0.25) is 0 Å². The zero-order valence-electron chi connectivity index (χ0n) is 9.49. The van der Waals surface area contributed by atoms with Crippen LogP contribution in [-0.2, 0) is 19.0 Å². The number of ether oxygens (including phenoxy) is 3. The van der Waals surface area contributed by atoms with Crippen LogP contribution in [-0.4, -0.2) is 51.0 Å². The van der Waals surface area contributed by atoms with Crippen molar-refractivity contribution in [2.45, 2.75) is 13.3 Å². The molecular formula is C10H20O4S. The summed E-state index contributed by atoms with van der Waals surface area (Å²) >= 11 is 1.63. The van der Waals surface area contributed by atoms with E-state index in [1.54, 1.807) is 11.8 Å². The van der Waals surface area contributed by atoms with Gasteiger partial charge in [-0.3, -0.25) is 4.79 Å². The van der Waals surface area contributed by atoms with Gasteiger partial charge >= 0.3 is 5.97 Å². The number of esters is 1. The van der Waals surface area contributed by atoms with Crippen molar-refractivity contribution in [2.24, 2.45) is 0 Å². The Hall–Kier alpha value is -0.260. The molecule has 0 unspecified atom stereocenters. The summed E-state index contributed by atoms with van der Waals surface area (Å²) < 4.78 is 15.2. The molecule has 0 atom stereocenters. The second-order valence-electron chi connectivity index (χ2n) is 2.77. The molecule has 0 aromatic carbocycles. The third-order valence-electron chi connectivity index (χ3n) is 1.58. The summed E-state index contributed by atoms with van der Waals surface area (Å²) in [5.41, 5.74) is 0. The fraction of sp³-hybridized carbons (Fsp3) is 0.900.